The molecule has 0 fully saturated rings. The van der Waals surface area contributed by atoms with Crippen molar-refractivity contribution in [1.29, 1.82) is 0 Å². The summed E-state index contributed by atoms with van der Waals surface area (Å²) in [4.78, 5) is 24.5. The summed E-state index contributed by atoms with van der Waals surface area (Å²) in [6.45, 7) is 4.10. The number of para-hydroxylation sites is 1. The maximum atomic E-state index is 12.6. The summed E-state index contributed by atoms with van der Waals surface area (Å²) < 4.78 is 5.85. The molecule has 1 N–H and O–H groups in total. The van der Waals surface area contributed by atoms with Crippen LogP contribution in [0.1, 0.15) is 37.0 Å². The van der Waals surface area contributed by atoms with Crippen molar-refractivity contribution in [2.24, 2.45) is 0 Å². The van der Waals surface area contributed by atoms with Gasteiger partial charge in [0.2, 0.25) is 0 Å². The molecule has 0 saturated heterocycles. The van der Waals surface area contributed by atoms with Crippen LogP contribution < -0.4 is 10.9 Å². The van der Waals surface area contributed by atoms with Crippen molar-refractivity contribution < 1.29 is 9.53 Å². The lowest BCUT2D eigenvalue weighted by Gasteiger charge is -2.17. The zero-order chi connectivity index (χ0) is 17.7. The van der Waals surface area contributed by atoms with Crippen molar-refractivity contribution in [3.8, 4) is 5.69 Å². The number of esters is 1. The van der Waals surface area contributed by atoms with E-state index >= 15 is 0 Å². The van der Waals surface area contributed by atoms with Crippen LogP contribution in [0.15, 0.2) is 35.3 Å². The fourth-order valence-electron chi connectivity index (χ4n) is 2.36. The van der Waals surface area contributed by atoms with Crippen LogP contribution in [-0.2, 0) is 4.74 Å². The highest BCUT2D eigenvalue weighted by atomic mass is 35.5. The predicted octanol–water partition coefficient (Wildman–Crippen LogP) is 3.27. The quantitative estimate of drug-likeness (QED) is 0.810. The molecule has 0 aliphatic carbocycles. The van der Waals surface area contributed by atoms with Gasteiger partial charge in [-0.15, -0.1) is 0 Å². The smallest absolute Gasteiger partial charge is 0.340 e. The number of carbonyl (C=O) groups is 1. The van der Waals surface area contributed by atoms with Crippen molar-refractivity contribution in [2.45, 2.75) is 32.7 Å². The molecule has 1 heterocycles. The molecule has 0 radical (unpaired) electrons. The lowest BCUT2D eigenvalue weighted by atomic mass is 10.1. The molecule has 1 aromatic carbocycles. The van der Waals surface area contributed by atoms with Gasteiger partial charge in [0.15, 0.2) is 0 Å². The van der Waals surface area contributed by atoms with Gasteiger partial charge in [0.05, 0.1) is 30.2 Å². The van der Waals surface area contributed by atoms with Gasteiger partial charge in [-0.1, -0.05) is 37.6 Å². The Kier molecular flexibility index (Phi) is 5.98. The van der Waals surface area contributed by atoms with Gasteiger partial charge < -0.3 is 10.1 Å². The molecule has 128 valence electrons. The van der Waals surface area contributed by atoms with Crippen LogP contribution in [0.4, 0.5) is 5.69 Å². The number of rotatable bonds is 6. The average molecular weight is 350 g/mol. The summed E-state index contributed by atoms with van der Waals surface area (Å²) in [6, 6.07) is 6.79. The summed E-state index contributed by atoms with van der Waals surface area (Å²) in [5.41, 5.74) is 0.558. The molecule has 6 nitrogen and oxygen atoms in total. The molecule has 2 rings (SSSR count). The van der Waals surface area contributed by atoms with Crippen molar-refractivity contribution >= 4 is 23.3 Å². The fraction of sp³-hybridized carbons (Fsp3) is 0.353. The average Bonchev–Trinajstić information content (AvgIpc) is 2.62. The molecule has 0 spiro atoms. The number of halogens is 1. The molecule has 0 unspecified atom stereocenters. The van der Waals surface area contributed by atoms with E-state index in [-0.39, 0.29) is 16.6 Å². The summed E-state index contributed by atoms with van der Waals surface area (Å²) in [7, 11) is 1.28. The minimum absolute atomic E-state index is 0.0385. The molecule has 2 aromatic rings. The van der Waals surface area contributed by atoms with Crippen LogP contribution >= 0.6 is 11.6 Å². The van der Waals surface area contributed by atoms with Crippen LogP contribution in [0.2, 0.25) is 5.02 Å². The van der Waals surface area contributed by atoms with Crippen molar-refractivity contribution in [3.05, 3.63) is 51.4 Å². The van der Waals surface area contributed by atoms with Crippen molar-refractivity contribution in [3.63, 3.8) is 0 Å². The highest BCUT2D eigenvalue weighted by molar-refractivity contribution is 6.33. The van der Waals surface area contributed by atoms with Gasteiger partial charge in [-0.3, -0.25) is 4.79 Å². The predicted molar refractivity (Wildman–Crippen MR) is 94.2 cm³/mol. The number of nitrogens with zero attached hydrogens (tertiary/aromatic N) is 2. The number of anilines is 1. The van der Waals surface area contributed by atoms with E-state index in [1.165, 1.54) is 13.3 Å². The second-order valence-electron chi connectivity index (χ2n) is 5.26. The number of hydrogen-bond donors (Lipinski definition) is 1. The molecule has 0 atom stereocenters. The highest BCUT2D eigenvalue weighted by Crippen LogP contribution is 2.20. The largest absolute Gasteiger partial charge is 0.465 e. The molecule has 0 saturated carbocycles. The Hall–Kier alpha value is -2.34. The van der Waals surface area contributed by atoms with Gasteiger partial charge in [0.1, 0.15) is 5.02 Å². The zero-order valence-electron chi connectivity index (χ0n) is 13.9. The summed E-state index contributed by atoms with van der Waals surface area (Å²) >= 11 is 6.22. The SMILES string of the molecule is CCC(CC)Nc1cnn(-c2ccccc2C(=O)OC)c(=O)c1Cl. The third kappa shape index (κ3) is 3.59. The number of nitrogens with one attached hydrogen (secondary N) is 1. The third-order valence-corrected chi connectivity index (χ3v) is 4.17. The zero-order valence-corrected chi connectivity index (χ0v) is 14.6. The Morgan fingerprint density at radius 1 is 1.33 bits per heavy atom. The Bertz CT molecular complexity index is 785. The first-order valence-corrected chi connectivity index (χ1v) is 8.13. The lowest BCUT2D eigenvalue weighted by molar-refractivity contribution is 0.0600. The molecular formula is C17H20ClN3O3. The lowest BCUT2D eigenvalue weighted by Crippen LogP contribution is -2.26. The number of ether oxygens (including phenoxy) is 1. The maximum Gasteiger partial charge on any atom is 0.340 e. The molecule has 1 aromatic heterocycles. The van der Waals surface area contributed by atoms with E-state index < -0.39 is 11.5 Å². The number of carbonyl (C=O) groups excluding carboxylic acids is 1. The van der Waals surface area contributed by atoms with E-state index in [0.29, 0.717) is 11.4 Å². The van der Waals surface area contributed by atoms with E-state index in [0.717, 1.165) is 17.5 Å². The van der Waals surface area contributed by atoms with Crippen LogP contribution in [0.25, 0.3) is 5.69 Å². The summed E-state index contributed by atoms with van der Waals surface area (Å²) in [5, 5.41) is 7.41. The first kappa shape index (κ1) is 18.0. The summed E-state index contributed by atoms with van der Waals surface area (Å²) in [5.74, 6) is -0.547. The molecule has 0 aliphatic heterocycles. The molecule has 0 aliphatic rings. The number of benzene rings is 1. The van der Waals surface area contributed by atoms with Crippen LogP contribution in [0.3, 0.4) is 0 Å². The van der Waals surface area contributed by atoms with E-state index in [9.17, 15) is 9.59 Å². The minimum atomic E-state index is -0.547. The Morgan fingerprint density at radius 2 is 2.00 bits per heavy atom. The number of aromatic nitrogens is 2. The minimum Gasteiger partial charge on any atom is -0.465 e. The Labute approximate surface area is 145 Å². The monoisotopic (exact) mass is 349 g/mol. The molecule has 0 bridgehead atoms. The Balaban J connectivity index is 2.50. The highest BCUT2D eigenvalue weighted by Gasteiger charge is 2.17. The molecule has 7 heteroatoms. The van der Waals surface area contributed by atoms with E-state index in [4.69, 9.17) is 16.3 Å². The van der Waals surface area contributed by atoms with E-state index in [1.54, 1.807) is 24.3 Å². The van der Waals surface area contributed by atoms with E-state index in [2.05, 4.69) is 24.3 Å². The van der Waals surface area contributed by atoms with Gasteiger partial charge in [-0.05, 0) is 25.0 Å². The normalized spacial score (nSPS) is 10.7. The van der Waals surface area contributed by atoms with Gasteiger partial charge in [0, 0.05) is 6.04 Å². The second kappa shape index (κ2) is 7.97. The van der Waals surface area contributed by atoms with Crippen LogP contribution in [0, 0.1) is 0 Å². The van der Waals surface area contributed by atoms with Crippen molar-refractivity contribution in [2.75, 3.05) is 12.4 Å². The van der Waals surface area contributed by atoms with E-state index in [1.807, 2.05) is 0 Å². The molecule has 0 amide bonds. The van der Waals surface area contributed by atoms with Gasteiger partial charge in [-0.2, -0.15) is 9.78 Å². The standard InChI is InChI=1S/C17H20ClN3O3/c1-4-11(5-2)20-13-10-19-21(16(22)15(13)18)14-9-7-6-8-12(14)17(23)24-3/h6-11,20H,4-5H2,1-3H3. The number of methoxy groups -OCH3 is 1. The van der Waals surface area contributed by atoms with Crippen LogP contribution in [-0.4, -0.2) is 28.9 Å². The third-order valence-electron chi connectivity index (χ3n) is 3.80. The first-order chi connectivity index (χ1) is 11.5. The Morgan fingerprint density at radius 3 is 2.62 bits per heavy atom. The number of hydrogen-bond acceptors (Lipinski definition) is 5. The second-order valence-corrected chi connectivity index (χ2v) is 5.63. The van der Waals surface area contributed by atoms with Gasteiger partial charge >= 0.3 is 5.97 Å². The maximum absolute atomic E-state index is 12.6. The first-order valence-electron chi connectivity index (χ1n) is 7.75. The molecular weight excluding hydrogens is 330 g/mol. The fourth-order valence-corrected chi connectivity index (χ4v) is 2.54. The van der Waals surface area contributed by atoms with Gasteiger partial charge in [-0.25, -0.2) is 4.79 Å². The molecule has 24 heavy (non-hydrogen) atoms. The topological polar surface area (TPSA) is 73.2 Å². The van der Waals surface area contributed by atoms with Gasteiger partial charge in [0.25, 0.3) is 5.56 Å². The van der Waals surface area contributed by atoms with Crippen LogP contribution in [0.5, 0.6) is 0 Å². The van der Waals surface area contributed by atoms with Crippen molar-refractivity contribution in [1.82, 2.24) is 9.78 Å². The summed E-state index contributed by atoms with van der Waals surface area (Å²) in [6.07, 6.45) is 3.30.